The number of hydrogen-bond donors (Lipinski definition) is 9. The Hall–Kier alpha value is -2.26. The van der Waals surface area contributed by atoms with Gasteiger partial charge in [0.05, 0.1) is 44.2 Å². The zero-order valence-electron chi connectivity index (χ0n) is 44.1. The maximum absolute atomic E-state index is 13.3. The molecule has 1 unspecified atom stereocenters. The first kappa shape index (κ1) is 57.9. The molecule has 0 spiro atoms. The zero-order chi connectivity index (χ0) is 53.9. The minimum absolute atomic E-state index is 0.0120. The largest absolute Gasteiger partial charge is 0.455 e. The highest BCUT2D eigenvalue weighted by Gasteiger charge is 2.69. The van der Waals surface area contributed by atoms with Gasteiger partial charge in [-0.05, 0) is 80.5 Å². The van der Waals surface area contributed by atoms with E-state index in [1.54, 1.807) is 14.0 Å². The maximum Gasteiger partial charge on any atom is 0.335 e. The molecule has 27 atom stereocenters. The van der Waals surface area contributed by atoms with Crippen molar-refractivity contribution in [1.29, 1.82) is 0 Å². The van der Waals surface area contributed by atoms with Crippen LogP contribution in [-0.4, -0.2) is 201 Å². The highest BCUT2D eigenvalue weighted by Crippen LogP contribution is 2.70. The first-order valence-electron chi connectivity index (χ1n) is 26.8. The van der Waals surface area contributed by atoms with Crippen LogP contribution in [0.4, 0.5) is 0 Å². The summed E-state index contributed by atoms with van der Waals surface area (Å²) >= 11 is 0. The second-order valence-electron chi connectivity index (χ2n) is 23.2. The average Bonchev–Trinajstić information content (AvgIpc) is 3.83. The first-order valence-corrected chi connectivity index (χ1v) is 26.8. The summed E-state index contributed by atoms with van der Waals surface area (Å²) in [6.07, 6.45) is -15.4. The molecule has 0 bridgehead atoms. The van der Waals surface area contributed by atoms with Crippen LogP contribution in [0.15, 0.2) is 23.8 Å². The van der Waals surface area contributed by atoms with Crippen LogP contribution in [0.5, 0.6) is 0 Å². The smallest absolute Gasteiger partial charge is 0.335 e. The maximum atomic E-state index is 13.3. The lowest BCUT2D eigenvalue weighted by Crippen LogP contribution is -2.64. The van der Waals surface area contributed by atoms with E-state index in [1.165, 1.54) is 13.8 Å². The normalized spacial score (nSPS) is 48.8. The Morgan fingerprint density at radius 2 is 1.59 bits per heavy atom. The van der Waals surface area contributed by atoms with Gasteiger partial charge in [0.15, 0.2) is 49.1 Å². The van der Waals surface area contributed by atoms with Crippen LogP contribution in [0.25, 0.3) is 0 Å². The van der Waals surface area contributed by atoms with Gasteiger partial charge in [0, 0.05) is 38.2 Å². The lowest BCUT2D eigenvalue weighted by Gasteiger charge is -2.60. The molecule has 422 valence electrons. The Morgan fingerprint density at radius 3 is 2.27 bits per heavy atom. The quantitative estimate of drug-likeness (QED) is 0.0722. The summed E-state index contributed by atoms with van der Waals surface area (Å²) in [5, 5.41) is 95.3. The van der Waals surface area contributed by atoms with Crippen molar-refractivity contribution in [2.45, 2.75) is 222 Å². The summed E-state index contributed by atoms with van der Waals surface area (Å²) in [7, 11) is 1.66. The Morgan fingerprint density at radius 1 is 0.892 bits per heavy atom. The molecule has 0 aromatic carbocycles. The molecule has 4 heterocycles. The minimum Gasteiger partial charge on any atom is -0.455 e. The molecule has 8 aliphatic rings. The van der Waals surface area contributed by atoms with E-state index in [2.05, 4.69) is 33.4 Å². The summed E-state index contributed by atoms with van der Waals surface area (Å²) in [5.41, 5.74) is 0.978. The van der Waals surface area contributed by atoms with Crippen molar-refractivity contribution in [2.75, 3.05) is 26.9 Å². The van der Waals surface area contributed by atoms with Crippen molar-refractivity contribution in [3.8, 4) is 0 Å². The van der Waals surface area contributed by atoms with Crippen LogP contribution >= 0.6 is 0 Å². The zero-order valence-corrected chi connectivity index (χ0v) is 44.1. The number of aliphatic hydroxyl groups is 9. The number of methoxy groups -OCH3 is 1. The molecular formula is C53H84O21. The second-order valence-corrected chi connectivity index (χ2v) is 23.2. The van der Waals surface area contributed by atoms with Crippen LogP contribution < -0.4 is 0 Å². The third kappa shape index (κ3) is 10.5. The van der Waals surface area contributed by atoms with Gasteiger partial charge in [-0.15, -0.1) is 0 Å². The molecule has 0 amide bonds. The van der Waals surface area contributed by atoms with Crippen molar-refractivity contribution in [3.63, 3.8) is 0 Å². The van der Waals surface area contributed by atoms with E-state index >= 15 is 0 Å². The van der Waals surface area contributed by atoms with Gasteiger partial charge in [0.25, 0.3) is 0 Å². The van der Waals surface area contributed by atoms with Crippen molar-refractivity contribution in [2.24, 2.45) is 46.3 Å². The van der Waals surface area contributed by atoms with Crippen LogP contribution in [-0.2, 0) is 57.0 Å². The lowest BCUT2D eigenvalue weighted by atomic mass is 9.46. The van der Waals surface area contributed by atoms with Crippen LogP contribution in [0.1, 0.15) is 106 Å². The van der Waals surface area contributed by atoms with E-state index in [1.807, 2.05) is 6.92 Å². The Balaban J connectivity index is 0.999. The molecule has 0 radical (unpaired) electrons. The number of carbonyl (C=O) groups excluding carboxylic acids is 2. The average molecular weight is 1060 g/mol. The number of esters is 2. The molecule has 21 heteroatoms. The SMILES string of the molecule is C=C(CCC1(OC)O[C@H]2C[C@H]3[C@@H]4CC=C5C[C@@H](O)C[C@@H](O[C@@H]6OC[C@H](OC(=O)[C@@H](O)[C@@H](C)CC)[C@H](OC(C)=O)[C@H]6O[C@@H]6O[C@@H](C)[C@H](O)[C@@H](O)[C@H]6O)[C@]5(C)[C@H]4CC[C@]3(C)[C@H]2[C@@H]1C)CO[C@@H]1O[C@H](CO)[C@@H](O)[C@H](O)[C@H]1O. The molecule has 7 fully saturated rings. The van der Waals surface area contributed by atoms with Crippen molar-refractivity contribution >= 4 is 11.9 Å². The first-order chi connectivity index (χ1) is 34.9. The summed E-state index contributed by atoms with van der Waals surface area (Å²) in [6, 6.07) is 0. The number of allylic oxidation sites excluding steroid dienone is 1. The van der Waals surface area contributed by atoms with Crippen LogP contribution in [0, 0.1) is 46.3 Å². The summed E-state index contributed by atoms with van der Waals surface area (Å²) in [6.45, 7) is 16.2. The standard InChI is InChI=1S/C53H84O21/c1-10-24(3)38(57)47(64)70-35-22-67-50(46(45(35)69-27(6)55)73-49-44(63)41(60)39(58)26(5)68-49)72-36-18-29(56)17-28-11-12-30-31(52(28,36)8)14-15-51(7)32(30)19-33-37(51)25(4)53(65-9,74-33)16-13-23(2)21-66-48-43(62)42(61)40(59)34(20-54)71-48/h11,24-26,29-46,48-50,54,56-63H,2,10,12-22H2,1,3-9H3/t24-,25-,26-,29+,30+,31-,32-,33-,34+,35-,36+,37-,38-,39-,40+,41+,42-,43+,44+,45-,46+,48+,49-,50-,51-,52-,53?/m0/s1. The van der Waals surface area contributed by atoms with E-state index in [-0.39, 0.29) is 60.7 Å². The molecule has 0 aromatic heterocycles. The fourth-order valence-corrected chi connectivity index (χ4v) is 14.6. The number of rotatable bonds is 17. The number of carbonyl (C=O) groups is 2. The van der Waals surface area contributed by atoms with E-state index in [9.17, 15) is 55.5 Å². The van der Waals surface area contributed by atoms with Crippen LogP contribution in [0.2, 0.25) is 0 Å². The number of aliphatic hydroxyl groups excluding tert-OH is 9. The summed E-state index contributed by atoms with van der Waals surface area (Å²) in [5.74, 6) is -2.41. The Kier molecular flexibility index (Phi) is 17.9. The molecule has 3 saturated carbocycles. The fraction of sp³-hybridized carbons (Fsp3) is 0.887. The molecular weight excluding hydrogens is 973 g/mol. The lowest BCUT2D eigenvalue weighted by molar-refractivity contribution is -0.363. The van der Waals surface area contributed by atoms with Gasteiger partial charge < -0.3 is 93.3 Å². The van der Waals surface area contributed by atoms with Gasteiger partial charge in [-0.25, -0.2) is 4.79 Å². The van der Waals surface area contributed by atoms with E-state index in [0.717, 1.165) is 31.3 Å². The Labute approximate surface area is 433 Å². The van der Waals surface area contributed by atoms with Crippen LogP contribution in [0.3, 0.4) is 0 Å². The van der Waals surface area contributed by atoms with E-state index in [4.69, 9.17) is 47.4 Å². The van der Waals surface area contributed by atoms with E-state index < -0.39 is 140 Å². The number of fused-ring (bicyclic) bond motifs is 7. The molecule has 21 nitrogen and oxygen atoms in total. The monoisotopic (exact) mass is 1060 g/mol. The van der Waals surface area contributed by atoms with Crippen molar-refractivity contribution < 1.29 is 103 Å². The predicted octanol–water partition coefficient (Wildman–Crippen LogP) is 0.881. The number of hydrogen-bond acceptors (Lipinski definition) is 21. The van der Waals surface area contributed by atoms with Gasteiger partial charge >= 0.3 is 11.9 Å². The van der Waals surface area contributed by atoms with Gasteiger partial charge in [0.1, 0.15) is 42.7 Å². The molecule has 0 aromatic rings. The van der Waals surface area contributed by atoms with Gasteiger partial charge in [0.2, 0.25) is 0 Å². The second kappa shape index (κ2) is 22.8. The topological polar surface area (TPSA) is 309 Å². The van der Waals surface area contributed by atoms with E-state index in [0.29, 0.717) is 31.3 Å². The third-order valence-corrected chi connectivity index (χ3v) is 19.1. The van der Waals surface area contributed by atoms with Gasteiger partial charge in [-0.1, -0.05) is 64.8 Å². The van der Waals surface area contributed by atoms with Crippen molar-refractivity contribution in [1.82, 2.24) is 0 Å². The minimum atomic E-state index is -1.77. The predicted molar refractivity (Wildman–Crippen MR) is 257 cm³/mol. The highest BCUT2D eigenvalue weighted by molar-refractivity contribution is 5.75. The third-order valence-electron chi connectivity index (χ3n) is 19.1. The van der Waals surface area contributed by atoms with Crippen molar-refractivity contribution in [3.05, 3.63) is 23.8 Å². The molecule has 9 N–H and O–H groups in total. The molecule has 74 heavy (non-hydrogen) atoms. The molecule has 4 aliphatic heterocycles. The molecule has 4 saturated heterocycles. The summed E-state index contributed by atoms with van der Waals surface area (Å²) < 4.78 is 62.0. The molecule has 8 rings (SSSR count). The highest BCUT2D eigenvalue weighted by atomic mass is 16.8. The number of ether oxygens (including phenoxy) is 10. The van der Waals surface area contributed by atoms with Gasteiger partial charge in [-0.2, -0.15) is 0 Å². The molecule has 4 aliphatic carbocycles. The van der Waals surface area contributed by atoms with Gasteiger partial charge in [-0.3, -0.25) is 4.79 Å². The summed E-state index contributed by atoms with van der Waals surface area (Å²) in [4.78, 5) is 26.2. The Bertz CT molecular complexity index is 2010. The fourth-order valence-electron chi connectivity index (χ4n) is 14.6.